The van der Waals surface area contributed by atoms with Crippen LogP contribution in [0, 0.1) is 0 Å². The molecule has 0 atom stereocenters. The Kier molecular flexibility index (Phi) is 4.17. The first-order valence-corrected chi connectivity index (χ1v) is 6.21. The van der Waals surface area contributed by atoms with Gasteiger partial charge in [-0.3, -0.25) is 4.57 Å². The molecule has 1 aromatic carbocycles. The van der Waals surface area contributed by atoms with Gasteiger partial charge in [0.2, 0.25) is 0 Å². The van der Waals surface area contributed by atoms with Crippen molar-refractivity contribution in [3.63, 3.8) is 0 Å². The highest BCUT2D eigenvalue weighted by molar-refractivity contribution is 5.73. The van der Waals surface area contributed by atoms with Crippen LogP contribution in [0.25, 0.3) is 11.1 Å². The van der Waals surface area contributed by atoms with Crippen molar-refractivity contribution in [2.24, 2.45) is 12.8 Å². The lowest BCUT2D eigenvalue weighted by Gasteiger charge is -2.03. The number of benzene rings is 1. The van der Waals surface area contributed by atoms with Crippen LogP contribution in [0.2, 0.25) is 0 Å². The number of hydrogen-bond donors (Lipinski definition) is 2. The molecule has 1 heterocycles. The molecule has 1 aromatic heterocycles. The quantitative estimate of drug-likeness (QED) is 0.736. The zero-order chi connectivity index (χ0) is 13.0. The zero-order valence-electron chi connectivity index (χ0n) is 10.6. The van der Waals surface area contributed by atoms with E-state index in [-0.39, 0.29) is 5.76 Å². The number of nitrogens with two attached hydrogens (primary N) is 1. The molecule has 0 radical (unpaired) electrons. The number of aryl methyl sites for hydroxylation is 1. The van der Waals surface area contributed by atoms with Crippen LogP contribution in [0.15, 0.2) is 27.4 Å². The van der Waals surface area contributed by atoms with Crippen LogP contribution >= 0.6 is 0 Å². The molecule has 0 spiro atoms. The summed E-state index contributed by atoms with van der Waals surface area (Å²) >= 11 is 0. The van der Waals surface area contributed by atoms with E-state index in [0.29, 0.717) is 12.1 Å². The molecule has 0 bridgehead atoms. The molecule has 3 N–H and O–H groups in total. The molecule has 5 heteroatoms. The highest BCUT2D eigenvalue weighted by atomic mass is 16.4. The van der Waals surface area contributed by atoms with Gasteiger partial charge in [0.15, 0.2) is 5.58 Å². The van der Waals surface area contributed by atoms with Crippen molar-refractivity contribution in [2.45, 2.75) is 12.8 Å². The summed E-state index contributed by atoms with van der Waals surface area (Å²) in [5.41, 5.74) is 8.07. The van der Waals surface area contributed by atoms with Crippen LogP contribution in [0.3, 0.4) is 0 Å². The maximum atomic E-state index is 11.4. The normalized spacial score (nSPS) is 11.2. The molecule has 2 rings (SSSR count). The lowest BCUT2D eigenvalue weighted by atomic mass is 10.1. The fourth-order valence-corrected chi connectivity index (χ4v) is 1.92. The van der Waals surface area contributed by atoms with Crippen LogP contribution in [0.4, 0.5) is 0 Å². The molecule has 0 saturated carbocycles. The summed E-state index contributed by atoms with van der Waals surface area (Å²) in [6.45, 7) is 2.57. The predicted octanol–water partition coefficient (Wildman–Crippen LogP) is 0.612. The van der Waals surface area contributed by atoms with E-state index in [9.17, 15) is 4.79 Å². The third-order valence-electron chi connectivity index (χ3n) is 3.00. The number of fused-ring (bicyclic) bond motifs is 1. The standard InChI is InChI=1S/C13H19N3O2/c1-16-11-4-3-10(5-8-15-7-2-6-14)9-12(11)18-13(16)17/h3-4,9,15H,2,5-8,14H2,1H3. The van der Waals surface area contributed by atoms with E-state index in [1.165, 1.54) is 4.57 Å². The molecule has 98 valence electrons. The Hall–Kier alpha value is -1.59. The molecular formula is C13H19N3O2. The smallest absolute Gasteiger partial charge is 0.408 e. The molecule has 0 fully saturated rings. The van der Waals surface area contributed by atoms with Crippen molar-refractivity contribution < 1.29 is 4.42 Å². The summed E-state index contributed by atoms with van der Waals surface area (Å²) in [5.74, 6) is -0.316. The first-order chi connectivity index (χ1) is 8.72. The van der Waals surface area contributed by atoms with Gasteiger partial charge in [-0.1, -0.05) is 6.07 Å². The van der Waals surface area contributed by atoms with Gasteiger partial charge in [-0.25, -0.2) is 4.79 Å². The van der Waals surface area contributed by atoms with E-state index in [0.717, 1.165) is 37.0 Å². The number of rotatable bonds is 6. The van der Waals surface area contributed by atoms with Gasteiger partial charge >= 0.3 is 5.76 Å². The second-order valence-electron chi connectivity index (χ2n) is 4.37. The first-order valence-electron chi connectivity index (χ1n) is 6.21. The molecule has 0 aliphatic heterocycles. The second-order valence-corrected chi connectivity index (χ2v) is 4.37. The molecule has 5 nitrogen and oxygen atoms in total. The van der Waals surface area contributed by atoms with Crippen molar-refractivity contribution in [1.29, 1.82) is 0 Å². The Balaban J connectivity index is 2.00. The van der Waals surface area contributed by atoms with E-state index in [1.807, 2.05) is 18.2 Å². The molecule has 0 saturated heterocycles. The van der Waals surface area contributed by atoms with Crippen molar-refractivity contribution in [2.75, 3.05) is 19.6 Å². The average molecular weight is 249 g/mol. The zero-order valence-corrected chi connectivity index (χ0v) is 10.6. The second kappa shape index (κ2) is 5.84. The monoisotopic (exact) mass is 249 g/mol. The Labute approximate surface area is 106 Å². The maximum Gasteiger partial charge on any atom is 0.419 e. The summed E-state index contributed by atoms with van der Waals surface area (Å²) in [6, 6.07) is 5.89. The fourth-order valence-electron chi connectivity index (χ4n) is 1.92. The Bertz CT molecular complexity index is 571. The molecule has 18 heavy (non-hydrogen) atoms. The van der Waals surface area contributed by atoms with Crippen molar-refractivity contribution >= 4 is 11.1 Å². The van der Waals surface area contributed by atoms with Gasteiger partial charge < -0.3 is 15.5 Å². The number of aromatic nitrogens is 1. The molecular weight excluding hydrogens is 230 g/mol. The molecule has 0 unspecified atom stereocenters. The molecule has 0 aliphatic carbocycles. The average Bonchev–Trinajstić information content (AvgIpc) is 2.65. The van der Waals surface area contributed by atoms with Crippen molar-refractivity contribution in [3.05, 3.63) is 34.3 Å². The van der Waals surface area contributed by atoms with Crippen LogP contribution in [-0.2, 0) is 13.5 Å². The number of nitrogens with zero attached hydrogens (tertiary/aromatic N) is 1. The SMILES string of the molecule is Cn1c(=O)oc2cc(CCNCCCN)ccc21. The van der Waals surface area contributed by atoms with Crippen molar-refractivity contribution in [1.82, 2.24) is 9.88 Å². The lowest BCUT2D eigenvalue weighted by molar-refractivity contribution is 0.527. The van der Waals surface area contributed by atoms with Gasteiger partial charge in [-0.2, -0.15) is 0 Å². The van der Waals surface area contributed by atoms with Crippen LogP contribution < -0.4 is 16.8 Å². The molecule has 0 aliphatic rings. The highest BCUT2D eigenvalue weighted by Crippen LogP contribution is 2.14. The van der Waals surface area contributed by atoms with Gasteiger partial charge in [0.05, 0.1) is 5.52 Å². The third-order valence-corrected chi connectivity index (χ3v) is 3.00. The highest BCUT2D eigenvalue weighted by Gasteiger charge is 2.05. The maximum absolute atomic E-state index is 11.4. The predicted molar refractivity (Wildman–Crippen MR) is 71.7 cm³/mol. The van der Waals surface area contributed by atoms with E-state index in [4.69, 9.17) is 10.2 Å². The minimum atomic E-state index is -0.316. The Morgan fingerprint density at radius 1 is 1.39 bits per heavy atom. The van der Waals surface area contributed by atoms with E-state index in [2.05, 4.69) is 5.32 Å². The minimum absolute atomic E-state index is 0.316. The molecule has 2 aromatic rings. The van der Waals surface area contributed by atoms with Gasteiger partial charge in [0, 0.05) is 7.05 Å². The van der Waals surface area contributed by atoms with Gasteiger partial charge in [-0.15, -0.1) is 0 Å². The van der Waals surface area contributed by atoms with Gasteiger partial charge in [0.25, 0.3) is 0 Å². The minimum Gasteiger partial charge on any atom is -0.408 e. The number of oxazole rings is 1. The number of nitrogens with one attached hydrogen (secondary N) is 1. The van der Waals surface area contributed by atoms with Crippen LogP contribution in [-0.4, -0.2) is 24.2 Å². The lowest BCUT2D eigenvalue weighted by Crippen LogP contribution is -2.20. The largest absolute Gasteiger partial charge is 0.419 e. The fraction of sp³-hybridized carbons (Fsp3) is 0.462. The summed E-state index contributed by atoms with van der Waals surface area (Å²) in [6.07, 6.45) is 1.91. The summed E-state index contributed by atoms with van der Waals surface area (Å²) < 4.78 is 6.67. The van der Waals surface area contributed by atoms with Gasteiger partial charge in [0.1, 0.15) is 0 Å². The third kappa shape index (κ3) is 2.80. The van der Waals surface area contributed by atoms with Crippen LogP contribution in [0.1, 0.15) is 12.0 Å². The van der Waals surface area contributed by atoms with E-state index in [1.54, 1.807) is 7.05 Å². The summed E-state index contributed by atoms with van der Waals surface area (Å²) in [7, 11) is 1.71. The topological polar surface area (TPSA) is 73.2 Å². The number of hydrogen-bond acceptors (Lipinski definition) is 4. The summed E-state index contributed by atoms with van der Waals surface area (Å²) in [5, 5.41) is 3.32. The molecule has 0 amide bonds. The van der Waals surface area contributed by atoms with E-state index < -0.39 is 0 Å². The van der Waals surface area contributed by atoms with Gasteiger partial charge in [-0.05, 0) is 50.2 Å². The Morgan fingerprint density at radius 3 is 3.00 bits per heavy atom. The van der Waals surface area contributed by atoms with Crippen molar-refractivity contribution in [3.8, 4) is 0 Å². The Morgan fingerprint density at radius 2 is 2.22 bits per heavy atom. The van der Waals surface area contributed by atoms with E-state index >= 15 is 0 Å². The van der Waals surface area contributed by atoms with Crippen LogP contribution in [0.5, 0.6) is 0 Å². The summed E-state index contributed by atoms with van der Waals surface area (Å²) in [4.78, 5) is 11.4. The first kappa shape index (κ1) is 12.9.